The molecule has 8 heteroatoms. The fourth-order valence-corrected chi connectivity index (χ4v) is 6.70. The fraction of sp³-hybridized carbons (Fsp3) is 0.480. The summed E-state index contributed by atoms with van der Waals surface area (Å²) in [5.74, 6) is 0.124. The number of aryl methyl sites for hydroxylation is 1. The van der Waals surface area contributed by atoms with E-state index in [1.165, 1.54) is 24.4 Å². The highest BCUT2D eigenvalue weighted by Gasteiger charge is 2.34. The molecule has 2 saturated heterocycles. The molecule has 0 aliphatic carbocycles. The Kier molecular flexibility index (Phi) is 6.95. The highest BCUT2D eigenvalue weighted by Crippen LogP contribution is 2.32. The average Bonchev–Trinajstić information content (AvgIpc) is 2.84. The molecule has 0 aromatic heterocycles. The van der Waals surface area contributed by atoms with Gasteiger partial charge in [-0.25, -0.2) is 8.42 Å². The largest absolute Gasteiger partial charge is 0.495 e. The number of carbonyl (C=O) groups is 1. The van der Waals surface area contributed by atoms with Crippen LogP contribution in [0.1, 0.15) is 42.1 Å². The summed E-state index contributed by atoms with van der Waals surface area (Å²) < 4.78 is 33.9. The van der Waals surface area contributed by atoms with Gasteiger partial charge in [0, 0.05) is 50.0 Å². The first-order valence-corrected chi connectivity index (χ1v) is 13.1. The number of carbonyl (C=O) groups excluding carboxylic acids is 1. The van der Waals surface area contributed by atoms with Gasteiger partial charge in [0.15, 0.2) is 0 Å². The second kappa shape index (κ2) is 9.73. The Labute approximate surface area is 197 Å². The maximum absolute atomic E-state index is 13.5. The molecule has 0 saturated carbocycles. The first-order chi connectivity index (χ1) is 15.8. The Balaban J connectivity index is 1.54. The third-order valence-corrected chi connectivity index (χ3v) is 8.80. The molecule has 0 spiro atoms. The minimum atomic E-state index is -3.76. The number of nitrogens with zero attached hydrogens (tertiary/aromatic N) is 3. The summed E-state index contributed by atoms with van der Waals surface area (Å²) in [4.78, 5) is 17.5. The van der Waals surface area contributed by atoms with Gasteiger partial charge in [0.2, 0.25) is 10.0 Å². The molecule has 0 bridgehead atoms. The molecule has 2 fully saturated rings. The number of ether oxygens (including phenoxy) is 1. The average molecular weight is 472 g/mol. The van der Waals surface area contributed by atoms with Crippen molar-refractivity contribution in [3.8, 4) is 5.75 Å². The molecule has 7 nitrogen and oxygen atoms in total. The van der Waals surface area contributed by atoms with E-state index in [0.29, 0.717) is 25.2 Å². The number of piperazine rings is 1. The van der Waals surface area contributed by atoms with Crippen LogP contribution in [0.3, 0.4) is 0 Å². The minimum Gasteiger partial charge on any atom is -0.495 e. The van der Waals surface area contributed by atoms with Crippen molar-refractivity contribution in [2.45, 2.75) is 44.0 Å². The van der Waals surface area contributed by atoms with Crippen LogP contribution in [0.4, 0.5) is 5.69 Å². The molecular formula is C25H33N3O4S. The Morgan fingerprint density at radius 1 is 1.00 bits per heavy atom. The highest BCUT2D eigenvalue weighted by atomic mass is 32.2. The van der Waals surface area contributed by atoms with Crippen molar-refractivity contribution in [2.24, 2.45) is 0 Å². The van der Waals surface area contributed by atoms with Gasteiger partial charge >= 0.3 is 0 Å². The van der Waals surface area contributed by atoms with Crippen molar-refractivity contribution in [2.75, 3.05) is 44.7 Å². The third-order valence-electron chi connectivity index (χ3n) is 6.76. The van der Waals surface area contributed by atoms with Gasteiger partial charge in [0.1, 0.15) is 10.6 Å². The highest BCUT2D eigenvalue weighted by molar-refractivity contribution is 7.89. The van der Waals surface area contributed by atoms with Crippen molar-refractivity contribution >= 4 is 21.6 Å². The molecule has 2 heterocycles. The normalized spacial score (nSPS) is 20.0. The number of sulfonamides is 1. The van der Waals surface area contributed by atoms with Gasteiger partial charge in [-0.3, -0.25) is 4.79 Å². The Morgan fingerprint density at radius 3 is 2.39 bits per heavy atom. The number of para-hydroxylation sites is 1. The van der Waals surface area contributed by atoms with Gasteiger partial charge in [0.25, 0.3) is 5.91 Å². The molecule has 2 aliphatic rings. The van der Waals surface area contributed by atoms with Gasteiger partial charge in [-0.05, 0) is 56.5 Å². The number of amides is 1. The van der Waals surface area contributed by atoms with E-state index < -0.39 is 10.0 Å². The first kappa shape index (κ1) is 23.6. The maximum Gasteiger partial charge on any atom is 0.254 e. The summed E-state index contributed by atoms with van der Waals surface area (Å²) in [5.41, 5.74) is 2.79. The summed E-state index contributed by atoms with van der Waals surface area (Å²) in [6, 6.07) is 12.9. The lowest BCUT2D eigenvalue weighted by Gasteiger charge is -2.37. The summed E-state index contributed by atoms with van der Waals surface area (Å²) in [7, 11) is -2.30. The van der Waals surface area contributed by atoms with Gasteiger partial charge < -0.3 is 14.5 Å². The monoisotopic (exact) mass is 471 g/mol. The second-order valence-corrected chi connectivity index (χ2v) is 10.8. The molecule has 2 aromatic rings. The lowest BCUT2D eigenvalue weighted by molar-refractivity contribution is 0.0746. The van der Waals surface area contributed by atoms with Crippen LogP contribution in [0.2, 0.25) is 0 Å². The summed E-state index contributed by atoms with van der Waals surface area (Å²) in [6.45, 7) is 7.18. The van der Waals surface area contributed by atoms with Gasteiger partial charge in [-0.1, -0.05) is 24.6 Å². The van der Waals surface area contributed by atoms with E-state index in [2.05, 4.69) is 24.0 Å². The molecule has 1 unspecified atom stereocenters. The van der Waals surface area contributed by atoms with Crippen molar-refractivity contribution in [3.63, 3.8) is 0 Å². The van der Waals surface area contributed by atoms with Gasteiger partial charge in [0.05, 0.1) is 7.11 Å². The standard InChI is InChI=1S/C25H33N3O4S/c1-19-8-4-5-10-22(19)26-14-16-27(17-15-26)25(29)21-11-12-23(32-3)24(18-21)33(30,31)28-13-7-6-9-20(28)2/h4-5,8,10-12,18,20H,6-7,9,13-17H2,1-3H3. The number of hydrogen-bond acceptors (Lipinski definition) is 5. The first-order valence-electron chi connectivity index (χ1n) is 11.6. The number of methoxy groups -OCH3 is 1. The molecule has 4 rings (SSSR count). The third kappa shape index (κ3) is 4.73. The number of anilines is 1. The van der Waals surface area contributed by atoms with Crippen LogP contribution in [0, 0.1) is 6.92 Å². The van der Waals surface area contributed by atoms with Gasteiger partial charge in [-0.2, -0.15) is 4.31 Å². The van der Waals surface area contributed by atoms with Crippen molar-refractivity contribution in [1.82, 2.24) is 9.21 Å². The zero-order valence-electron chi connectivity index (χ0n) is 19.7. The van der Waals surface area contributed by atoms with Crippen LogP contribution in [-0.4, -0.2) is 69.4 Å². The van der Waals surface area contributed by atoms with E-state index in [-0.39, 0.29) is 22.6 Å². The van der Waals surface area contributed by atoms with Crippen molar-refractivity contribution in [1.29, 1.82) is 0 Å². The smallest absolute Gasteiger partial charge is 0.254 e. The van der Waals surface area contributed by atoms with Crippen LogP contribution in [0.5, 0.6) is 5.75 Å². The number of hydrogen-bond donors (Lipinski definition) is 0. The molecule has 1 amide bonds. The van der Waals surface area contributed by atoms with Crippen LogP contribution < -0.4 is 9.64 Å². The van der Waals surface area contributed by atoms with E-state index in [1.807, 2.05) is 19.1 Å². The topological polar surface area (TPSA) is 70.2 Å². The van der Waals surface area contributed by atoms with Crippen molar-refractivity contribution < 1.29 is 17.9 Å². The van der Waals surface area contributed by atoms with E-state index >= 15 is 0 Å². The lowest BCUT2D eigenvalue weighted by atomic mass is 10.1. The molecule has 2 aliphatic heterocycles. The molecule has 1 atom stereocenters. The maximum atomic E-state index is 13.5. The Bertz CT molecular complexity index is 1110. The Morgan fingerprint density at radius 2 is 1.73 bits per heavy atom. The number of rotatable bonds is 5. The molecular weight excluding hydrogens is 438 g/mol. The molecule has 0 radical (unpaired) electrons. The lowest BCUT2D eigenvalue weighted by Crippen LogP contribution is -2.49. The summed E-state index contributed by atoms with van der Waals surface area (Å²) in [5, 5.41) is 0. The zero-order valence-corrected chi connectivity index (χ0v) is 20.5. The second-order valence-electron chi connectivity index (χ2n) is 8.89. The summed E-state index contributed by atoms with van der Waals surface area (Å²) >= 11 is 0. The number of benzene rings is 2. The molecule has 178 valence electrons. The van der Waals surface area contributed by atoms with Gasteiger partial charge in [-0.15, -0.1) is 0 Å². The molecule has 33 heavy (non-hydrogen) atoms. The predicted octanol–water partition coefficient (Wildman–Crippen LogP) is 3.53. The zero-order chi connectivity index (χ0) is 23.6. The van der Waals surface area contributed by atoms with Crippen molar-refractivity contribution in [3.05, 3.63) is 53.6 Å². The van der Waals surface area contributed by atoms with Crippen LogP contribution in [-0.2, 0) is 10.0 Å². The SMILES string of the molecule is COc1ccc(C(=O)N2CCN(c3ccccc3C)CC2)cc1S(=O)(=O)N1CCCCC1C. The fourth-order valence-electron chi connectivity index (χ4n) is 4.82. The Hall–Kier alpha value is -2.58. The van der Waals surface area contributed by atoms with Crippen LogP contribution in [0.15, 0.2) is 47.4 Å². The van der Waals surface area contributed by atoms with E-state index in [4.69, 9.17) is 4.74 Å². The quantitative estimate of drug-likeness (QED) is 0.667. The van der Waals surface area contributed by atoms with Crippen LogP contribution >= 0.6 is 0 Å². The molecule has 2 aromatic carbocycles. The van der Waals surface area contributed by atoms with E-state index in [1.54, 1.807) is 21.3 Å². The summed E-state index contributed by atoms with van der Waals surface area (Å²) in [6.07, 6.45) is 2.71. The number of piperidine rings is 1. The predicted molar refractivity (Wildman–Crippen MR) is 129 cm³/mol. The molecule has 0 N–H and O–H groups in total. The van der Waals surface area contributed by atoms with E-state index in [0.717, 1.165) is 32.4 Å². The van der Waals surface area contributed by atoms with Crippen LogP contribution in [0.25, 0.3) is 0 Å². The minimum absolute atomic E-state index is 0.0673. The van der Waals surface area contributed by atoms with E-state index in [9.17, 15) is 13.2 Å².